The molecule has 0 aliphatic carbocycles. The van der Waals surface area contributed by atoms with Crippen LogP contribution >= 0.6 is 0 Å². The van der Waals surface area contributed by atoms with Gasteiger partial charge in [0.25, 0.3) is 5.91 Å². The first-order valence-corrected chi connectivity index (χ1v) is 9.12. The van der Waals surface area contributed by atoms with Gasteiger partial charge in [-0.3, -0.25) is 4.79 Å². The van der Waals surface area contributed by atoms with Gasteiger partial charge in [-0.25, -0.2) is 4.79 Å². The van der Waals surface area contributed by atoms with Crippen LogP contribution in [0.4, 0.5) is 0 Å². The molecule has 0 spiro atoms. The summed E-state index contributed by atoms with van der Waals surface area (Å²) in [7, 11) is 0. The molecule has 1 aliphatic rings. The number of ether oxygens (including phenoxy) is 1. The van der Waals surface area contributed by atoms with Gasteiger partial charge in [-0.2, -0.15) is 0 Å². The fourth-order valence-electron chi connectivity index (χ4n) is 3.71. The van der Waals surface area contributed by atoms with Crippen LogP contribution in [-0.4, -0.2) is 29.4 Å². The first kappa shape index (κ1) is 17.3. The molecular formula is C22H21NO4. The SMILES string of the molecule is CCOC(=O)C1Cc2ccccc2CN1C(=O)c1cccc2oc(C)cc12. The summed E-state index contributed by atoms with van der Waals surface area (Å²) in [5.74, 6) is 0.195. The van der Waals surface area contributed by atoms with Crippen LogP contribution in [0.3, 0.4) is 0 Å². The van der Waals surface area contributed by atoms with E-state index in [2.05, 4.69) is 0 Å². The maximum atomic E-state index is 13.4. The van der Waals surface area contributed by atoms with Crippen molar-refractivity contribution in [3.8, 4) is 0 Å². The van der Waals surface area contributed by atoms with Crippen molar-refractivity contribution in [2.75, 3.05) is 6.61 Å². The molecule has 1 aromatic heterocycles. The van der Waals surface area contributed by atoms with E-state index in [0.717, 1.165) is 22.3 Å². The molecule has 3 aromatic rings. The second kappa shape index (κ2) is 6.91. The van der Waals surface area contributed by atoms with Crippen LogP contribution in [0.1, 0.15) is 34.2 Å². The van der Waals surface area contributed by atoms with E-state index in [9.17, 15) is 9.59 Å². The fourth-order valence-corrected chi connectivity index (χ4v) is 3.71. The van der Waals surface area contributed by atoms with Crippen molar-refractivity contribution in [1.82, 2.24) is 4.90 Å². The molecule has 5 heteroatoms. The Balaban J connectivity index is 1.76. The predicted octanol–water partition coefficient (Wildman–Crippen LogP) is 3.87. The lowest BCUT2D eigenvalue weighted by Crippen LogP contribution is -2.49. The highest BCUT2D eigenvalue weighted by molar-refractivity contribution is 6.07. The van der Waals surface area contributed by atoms with Crippen molar-refractivity contribution in [2.24, 2.45) is 0 Å². The molecule has 0 N–H and O–H groups in total. The predicted molar refractivity (Wildman–Crippen MR) is 101 cm³/mol. The highest BCUT2D eigenvalue weighted by atomic mass is 16.5. The third-order valence-electron chi connectivity index (χ3n) is 4.98. The number of carbonyl (C=O) groups excluding carboxylic acids is 2. The van der Waals surface area contributed by atoms with Crippen LogP contribution in [-0.2, 0) is 22.5 Å². The van der Waals surface area contributed by atoms with Gasteiger partial charge < -0.3 is 14.1 Å². The Labute approximate surface area is 157 Å². The van der Waals surface area contributed by atoms with E-state index < -0.39 is 6.04 Å². The molecule has 1 unspecified atom stereocenters. The average Bonchev–Trinajstić information content (AvgIpc) is 3.06. The molecule has 1 amide bonds. The lowest BCUT2D eigenvalue weighted by atomic mass is 9.93. The minimum Gasteiger partial charge on any atom is -0.464 e. The number of fused-ring (bicyclic) bond motifs is 2. The number of carbonyl (C=O) groups is 2. The standard InChI is InChI=1S/C22H21NO4/c1-3-26-22(25)19-12-15-7-4-5-8-16(15)13-23(19)21(24)17-9-6-10-20-18(17)11-14(2)27-20/h4-11,19H,3,12-13H2,1-2H3. The highest BCUT2D eigenvalue weighted by Crippen LogP contribution is 2.29. The molecule has 1 atom stereocenters. The fraction of sp³-hybridized carbons (Fsp3) is 0.273. The lowest BCUT2D eigenvalue weighted by molar-refractivity contribution is -0.149. The molecule has 0 bridgehead atoms. The van der Waals surface area contributed by atoms with Gasteiger partial charge in [-0.05, 0) is 43.2 Å². The lowest BCUT2D eigenvalue weighted by Gasteiger charge is -2.35. The van der Waals surface area contributed by atoms with Crippen molar-refractivity contribution in [1.29, 1.82) is 0 Å². The van der Waals surface area contributed by atoms with Crippen LogP contribution in [0.15, 0.2) is 52.9 Å². The molecule has 138 valence electrons. The van der Waals surface area contributed by atoms with Gasteiger partial charge in [0, 0.05) is 18.4 Å². The van der Waals surface area contributed by atoms with Gasteiger partial charge in [-0.1, -0.05) is 30.3 Å². The minimum absolute atomic E-state index is 0.186. The van der Waals surface area contributed by atoms with Crippen molar-refractivity contribution in [2.45, 2.75) is 32.9 Å². The number of aryl methyl sites for hydroxylation is 1. The minimum atomic E-state index is -0.629. The first-order chi connectivity index (χ1) is 13.1. The number of nitrogens with zero attached hydrogens (tertiary/aromatic N) is 1. The molecule has 27 heavy (non-hydrogen) atoms. The topological polar surface area (TPSA) is 59.8 Å². The van der Waals surface area contributed by atoms with E-state index in [4.69, 9.17) is 9.15 Å². The number of esters is 1. The van der Waals surface area contributed by atoms with Crippen molar-refractivity contribution in [3.63, 3.8) is 0 Å². The third kappa shape index (κ3) is 3.10. The zero-order valence-corrected chi connectivity index (χ0v) is 15.4. The summed E-state index contributed by atoms with van der Waals surface area (Å²) in [6, 6.07) is 14.6. The van der Waals surface area contributed by atoms with E-state index in [0.29, 0.717) is 24.1 Å². The van der Waals surface area contributed by atoms with E-state index >= 15 is 0 Å². The van der Waals surface area contributed by atoms with Gasteiger partial charge in [0.05, 0.1) is 12.2 Å². The zero-order chi connectivity index (χ0) is 19.0. The smallest absolute Gasteiger partial charge is 0.329 e. The van der Waals surface area contributed by atoms with Crippen molar-refractivity contribution < 1.29 is 18.7 Å². The van der Waals surface area contributed by atoms with E-state index in [1.54, 1.807) is 24.0 Å². The van der Waals surface area contributed by atoms with E-state index in [1.807, 2.05) is 43.3 Å². The summed E-state index contributed by atoms with van der Waals surface area (Å²) in [5.41, 5.74) is 3.35. The van der Waals surface area contributed by atoms with Gasteiger partial charge in [0.15, 0.2) is 0 Å². The summed E-state index contributed by atoms with van der Waals surface area (Å²) in [6.07, 6.45) is 0.459. The molecule has 2 aromatic carbocycles. The molecular weight excluding hydrogens is 342 g/mol. The van der Waals surface area contributed by atoms with Crippen LogP contribution in [0.5, 0.6) is 0 Å². The second-order valence-electron chi connectivity index (χ2n) is 6.75. The molecule has 0 fully saturated rings. The summed E-state index contributed by atoms with van der Waals surface area (Å²) >= 11 is 0. The Hall–Kier alpha value is -3.08. The van der Waals surface area contributed by atoms with Crippen molar-refractivity contribution >= 4 is 22.8 Å². The maximum absolute atomic E-state index is 13.4. The number of hydrogen-bond acceptors (Lipinski definition) is 4. The van der Waals surface area contributed by atoms with Crippen LogP contribution in [0, 0.1) is 6.92 Å². The number of benzene rings is 2. The Morgan fingerprint density at radius 2 is 1.93 bits per heavy atom. The van der Waals surface area contributed by atoms with Gasteiger partial charge in [0.1, 0.15) is 17.4 Å². The van der Waals surface area contributed by atoms with Crippen LogP contribution in [0.2, 0.25) is 0 Å². The molecule has 2 heterocycles. The average molecular weight is 363 g/mol. The normalized spacial score (nSPS) is 16.2. The zero-order valence-electron chi connectivity index (χ0n) is 15.4. The molecule has 1 aliphatic heterocycles. The van der Waals surface area contributed by atoms with Crippen LogP contribution < -0.4 is 0 Å². The Morgan fingerprint density at radius 3 is 2.70 bits per heavy atom. The number of furan rings is 1. The number of hydrogen-bond donors (Lipinski definition) is 0. The largest absolute Gasteiger partial charge is 0.464 e. The number of amides is 1. The quantitative estimate of drug-likeness (QED) is 0.663. The second-order valence-corrected chi connectivity index (χ2v) is 6.75. The maximum Gasteiger partial charge on any atom is 0.329 e. The van der Waals surface area contributed by atoms with Crippen LogP contribution in [0.25, 0.3) is 11.0 Å². The Morgan fingerprint density at radius 1 is 1.15 bits per heavy atom. The van der Waals surface area contributed by atoms with Crippen molar-refractivity contribution in [3.05, 3.63) is 71.0 Å². The Kier molecular flexibility index (Phi) is 4.44. The monoisotopic (exact) mass is 363 g/mol. The summed E-state index contributed by atoms with van der Waals surface area (Å²) in [4.78, 5) is 27.6. The molecule has 5 nitrogen and oxygen atoms in total. The summed E-state index contributed by atoms with van der Waals surface area (Å²) in [6.45, 7) is 4.30. The molecule has 0 saturated heterocycles. The number of rotatable bonds is 3. The first-order valence-electron chi connectivity index (χ1n) is 9.12. The van der Waals surface area contributed by atoms with E-state index in [-0.39, 0.29) is 18.5 Å². The Bertz CT molecular complexity index is 1020. The van der Waals surface area contributed by atoms with Gasteiger partial charge >= 0.3 is 5.97 Å². The summed E-state index contributed by atoms with van der Waals surface area (Å²) < 4.78 is 10.9. The molecule has 0 saturated carbocycles. The molecule has 0 radical (unpaired) electrons. The summed E-state index contributed by atoms with van der Waals surface area (Å²) in [5, 5.41) is 0.765. The molecule has 4 rings (SSSR count). The van der Waals surface area contributed by atoms with E-state index in [1.165, 1.54) is 0 Å². The van der Waals surface area contributed by atoms with Gasteiger partial charge in [0.2, 0.25) is 0 Å². The van der Waals surface area contributed by atoms with Gasteiger partial charge in [-0.15, -0.1) is 0 Å². The third-order valence-corrected chi connectivity index (χ3v) is 4.98. The highest BCUT2D eigenvalue weighted by Gasteiger charge is 2.36.